The third-order valence-corrected chi connectivity index (χ3v) is 3.76. The second-order valence-corrected chi connectivity index (χ2v) is 5.28. The molecule has 1 aliphatic carbocycles. The van der Waals surface area contributed by atoms with E-state index in [-0.39, 0.29) is 6.10 Å². The number of hydrogen-bond acceptors (Lipinski definition) is 1. The average molecular weight is 218 g/mol. The monoisotopic (exact) mass is 218 g/mol. The zero-order valence-electron chi connectivity index (χ0n) is 10.3. The largest absolute Gasteiger partial charge is 0.392 e. The third-order valence-electron chi connectivity index (χ3n) is 3.76. The van der Waals surface area contributed by atoms with Crippen molar-refractivity contribution >= 4 is 0 Å². The predicted molar refractivity (Wildman–Crippen MR) is 67.7 cm³/mol. The maximum Gasteiger partial charge on any atom is 0.0608 e. The van der Waals surface area contributed by atoms with Crippen molar-refractivity contribution in [1.29, 1.82) is 0 Å². The first-order valence-corrected chi connectivity index (χ1v) is 6.46. The molecule has 1 aliphatic rings. The summed E-state index contributed by atoms with van der Waals surface area (Å²) >= 11 is 0. The first kappa shape index (κ1) is 11.7. The molecule has 0 saturated heterocycles. The van der Waals surface area contributed by atoms with Gasteiger partial charge >= 0.3 is 0 Å². The molecule has 1 heteroatoms. The molecule has 0 spiro atoms. The van der Waals surface area contributed by atoms with Gasteiger partial charge in [0.1, 0.15) is 0 Å². The van der Waals surface area contributed by atoms with Crippen LogP contribution in [0.2, 0.25) is 0 Å². The van der Waals surface area contributed by atoms with Crippen LogP contribution in [0.5, 0.6) is 0 Å². The van der Waals surface area contributed by atoms with Gasteiger partial charge in [0.05, 0.1) is 6.10 Å². The fourth-order valence-corrected chi connectivity index (χ4v) is 2.63. The molecule has 2 rings (SSSR count). The summed E-state index contributed by atoms with van der Waals surface area (Å²) < 4.78 is 0. The van der Waals surface area contributed by atoms with Crippen molar-refractivity contribution in [3.05, 3.63) is 35.4 Å². The number of hydrogen-bond donors (Lipinski definition) is 1. The van der Waals surface area contributed by atoms with Crippen molar-refractivity contribution < 1.29 is 5.11 Å². The van der Waals surface area contributed by atoms with Crippen LogP contribution in [0.15, 0.2) is 24.3 Å². The van der Waals surface area contributed by atoms with E-state index < -0.39 is 0 Å². The Balaban J connectivity index is 2.14. The van der Waals surface area contributed by atoms with E-state index in [1.807, 2.05) is 0 Å². The van der Waals surface area contributed by atoms with Gasteiger partial charge < -0.3 is 5.11 Å². The van der Waals surface area contributed by atoms with Gasteiger partial charge in [-0.1, -0.05) is 51.0 Å². The summed E-state index contributed by atoms with van der Waals surface area (Å²) in [6.45, 7) is 4.43. The maximum atomic E-state index is 10.0. The minimum atomic E-state index is -0.126. The van der Waals surface area contributed by atoms with Crippen LogP contribution in [0.25, 0.3) is 0 Å². The lowest BCUT2D eigenvalue weighted by atomic mass is 9.81. The van der Waals surface area contributed by atoms with Gasteiger partial charge in [-0.05, 0) is 29.9 Å². The summed E-state index contributed by atoms with van der Waals surface area (Å²) in [5.41, 5.74) is 2.70. The molecule has 16 heavy (non-hydrogen) atoms. The SMILES string of the molecule is CC(C)c1ccc([C@@H]2CCCC[C@@H]2O)cc1. The van der Waals surface area contributed by atoms with E-state index >= 15 is 0 Å². The highest BCUT2D eigenvalue weighted by atomic mass is 16.3. The summed E-state index contributed by atoms with van der Waals surface area (Å²) in [5, 5.41) is 10.0. The standard InChI is InChI=1S/C15H22O/c1-11(2)12-7-9-13(10-8-12)14-5-3-4-6-15(14)16/h7-11,14-16H,3-6H2,1-2H3/t14-,15-/m0/s1. The van der Waals surface area contributed by atoms with Gasteiger partial charge in [0, 0.05) is 5.92 Å². The lowest BCUT2D eigenvalue weighted by Gasteiger charge is -2.28. The van der Waals surface area contributed by atoms with E-state index in [9.17, 15) is 5.11 Å². The Kier molecular flexibility index (Phi) is 3.65. The Labute approximate surface area is 98.5 Å². The molecule has 1 saturated carbocycles. The van der Waals surface area contributed by atoms with Gasteiger partial charge in [0.15, 0.2) is 0 Å². The van der Waals surface area contributed by atoms with Gasteiger partial charge in [-0.25, -0.2) is 0 Å². The smallest absolute Gasteiger partial charge is 0.0608 e. The van der Waals surface area contributed by atoms with Crippen molar-refractivity contribution in [2.75, 3.05) is 0 Å². The van der Waals surface area contributed by atoms with Crippen LogP contribution in [0, 0.1) is 0 Å². The molecule has 0 amide bonds. The van der Waals surface area contributed by atoms with Gasteiger partial charge in [-0.15, -0.1) is 0 Å². The molecule has 1 aromatic rings. The predicted octanol–water partition coefficient (Wildman–Crippen LogP) is 3.83. The Morgan fingerprint density at radius 1 is 1.06 bits per heavy atom. The third kappa shape index (κ3) is 2.46. The van der Waals surface area contributed by atoms with Crippen molar-refractivity contribution in [2.45, 2.75) is 57.5 Å². The van der Waals surface area contributed by atoms with Crippen LogP contribution in [0.3, 0.4) is 0 Å². The lowest BCUT2D eigenvalue weighted by Crippen LogP contribution is -2.22. The van der Waals surface area contributed by atoms with Crippen LogP contribution in [0.4, 0.5) is 0 Å². The zero-order valence-corrected chi connectivity index (χ0v) is 10.3. The summed E-state index contributed by atoms with van der Waals surface area (Å²) in [5.74, 6) is 0.959. The minimum Gasteiger partial charge on any atom is -0.392 e. The second kappa shape index (κ2) is 5.01. The van der Waals surface area contributed by atoms with Crippen LogP contribution < -0.4 is 0 Å². The maximum absolute atomic E-state index is 10.0. The van der Waals surface area contributed by atoms with E-state index in [0.717, 1.165) is 12.8 Å². The number of benzene rings is 1. The van der Waals surface area contributed by atoms with Gasteiger partial charge in [0.2, 0.25) is 0 Å². The first-order chi connectivity index (χ1) is 7.68. The lowest BCUT2D eigenvalue weighted by molar-refractivity contribution is 0.106. The van der Waals surface area contributed by atoms with Crippen molar-refractivity contribution in [1.82, 2.24) is 0 Å². The fourth-order valence-electron chi connectivity index (χ4n) is 2.63. The quantitative estimate of drug-likeness (QED) is 0.800. The Morgan fingerprint density at radius 3 is 2.25 bits per heavy atom. The minimum absolute atomic E-state index is 0.126. The highest BCUT2D eigenvalue weighted by Crippen LogP contribution is 2.33. The van der Waals surface area contributed by atoms with E-state index in [1.54, 1.807) is 0 Å². The van der Waals surface area contributed by atoms with Crippen molar-refractivity contribution in [3.63, 3.8) is 0 Å². The average Bonchev–Trinajstić information content (AvgIpc) is 2.30. The molecule has 2 atom stereocenters. The molecule has 0 unspecified atom stereocenters. The number of aliphatic hydroxyl groups is 1. The molecule has 1 aromatic carbocycles. The molecule has 0 aliphatic heterocycles. The zero-order chi connectivity index (χ0) is 11.5. The Morgan fingerprint density at radius 2 is 1.69 bits per heavy atom. The number of aliphatic hydroxyl groups excluding tert-OH is 1. The van der Waals surface area contributed by atoms with Crippen molar-refractivity contribution in [2.24, 2.45) is 0 Å². The Bertz CT molecular complexity index is 326. The molecule has 0 radical (unpaired) electrons. The van der Waals surface area contributed by atoms with Crippen LogP contribution >= 0.6 is 0 Å². The summed E-state index contributed by atoms with van der Waals surface area (Å²) in [7, 11) is 0. The molecule has 88 valence electrons. The molecule has 0 aromatic heterocycles. The van der Waals surface area contributed by atoms with E-state index in [0.29, 0.717) is 11.8 Å². The summed E-state index contributed by atoms with van der Waals surface area (Å²) in [4.78, 5) is 0. The van der Waals surface area contributed by atoms with Gasteiger partial charge in [0.25, 0.3) is 0 Å². The Hall–Kier alpha value is -0.820. The molecule has 0 heterocycles. The second-order valence-electron chi connectivity index (χ2n) is 5.28. The van der Waals surface area contributed by atoms with Crippen LogP contribution in [0.1, 0.15) is 62.5 Å². The van der Waals surface area contributed by atoms with E-state index in [4.69, 9.17) is 0 Å². The fraction of sp³-hybridized carbons (Fsp3) is 0.600. The summed E-state index contributed by atoms with van der Waals surface area (Å²) in [6.07, 6.45) is 4.42. The number of rotatable bonds is 2. The molecular formula is C15H22O. The van der Waals surface area contributed by atoms with E-state index in [1.165, 1.54) is 24.0 Å². The van der Waals surface area contributed by atoms with Crippen molar-refractivity contribution in [3.8, 4) is 0 Å². The molecule has 1 nitrogen and oxygen atoms in total. The molecule has 0 bridgehead atoms. The van der Waals surface area contributed by atoms with E-state index in [2.05, 4.69) is 38.1 Å². The molecule has 1 N–H and O–H groups in total. The highest BCUT2D eigenvalue weighted by Gasteiger charge is 2.24. The van der Waals surface area contributed by atoms with Crippen LogP contribution in [-0.2, 0) is 0 Å². The first-order valence-electron chi connectivity index (χ1n) is 6.46. The molecular weight excluding hydrogens is 196 g/mol. The normalized spacial score (nSPS) is 26.0. The van der Waals surface area contributed by atoms with Gasteiger partial charge in [-0.2, -0.15) is 0 Å². The molecule has 1 fully saturated rings. The van der Waals surface area contributed by atoms with Gasteiger partial charge in [-0.3, -0.25) is 0 Å². The topological polar surface area (TPSA) is 20.2 Å². The summed E-state index contributed by atoms with van der Waals surface area (Å²) in [6, 6.07) is 8.83. The highest BCUT2D eigenvalue weighted by molar-refractivity contribution is 5.28. The van der Waals surface area contributed by atoms with Crippen LogP contribution in [-0.4, -0.2) is 11.2 Å².